The first kappa shape index (κ1) is 16.5. The Bertz CT molecular complexity index is 676. The van der Waals surface area contributed by atoms with Crippen molar-refractivity contribution in [2.24, 2.45) is 0 Å². The Balaban J connectivity index is 1.63. The number of hydrogen-bond donors (Lipinski definition) is 1. The molecule has 1 aliphatic heterocycles. The van der Waals surface area contributed by atoms with Gasteiger partial charge in [-0.1, -0.05) is 30.3 Å². The van der Waals surface area contributed by atoms with E-state index in [0.717, 1.165) is 26.1 Å². The Hall–Kier alpha value is -2.40. The molecule has 3 rings (SSSR count). The molecule has 1 unspecified atom stereocenters. The number of nitrogen functional groups attached to an aromatic ring is 1. The van der Waals surface area contributed by atoms with Gasteiger partial charge in [0.25, 0.3) is 0 Å². The lowest BCUT2D eigenvalue weighted by Crippen LogP contribution is -2.24. The number of benzene rings is 2. The first-order chi connectivity index (χ1) is 11.7. The van der Waals surface area contributed by atoms with Gasteiger partial charge in [-0.15, -0.1) is 0 Å². The molecule has 2 aromatic rings. The first-order valence-corrected chi connectivity index (χ1v) is 8.14. The molecule has 2 N–H and O–H groups in total. The predicted molar refractivity (Wildman–Crippen MR) is 94.7 cm³/mol. The molecule has 2 aromatic carbocycles. The van der Waals surface area contributed by atoms with Crippen LogP contribution in [0.2, 0.25) is 0 Å². The molecule has 24 heavy (non-hydrogen) atoms. The summed E-state index contributed by atoms with van der Waals surface area (Å²) in [7, 11) is 3.20. The van der Waals surface area contributed by atoms with E-state index in [0.29, 0.717) is 22.9 Å². The highest BCUT2D eigenvalue weighted by atomic mass is 16.5. The zero-order valence-corrected chi connectivity index (χ0v) is 14.2. The van der Waals surface area contributed by atoms with Crippen LogP contribution in [-0.2, 0) is 6.54 Å². The zero-order valence-electron chi connectivity index (χ0n) is 14.2. The number of nitrogens with zero attached hydrogens (tertiary/aromatic N) is 1. The molecular formula is C19H24N2O3. The van der Waals surface area contributed by atoms with Crippen LogP contribution in [0.5, 0.6) is 17.2 Å². The minimum absolute atomic E-state index is 0.133. The number of nitrogens with two attached hydrogens (primary N) is 1. The van der Waals surface area contributed by atoms with E-state index in [9.17, 15) is 0 Å². The Morgan fingerprint density at radius 2 is 1.75 bits per heavy atom. The Kier molecular flexibility index (Phi) is 5.11. The van der Waals surface area contributed by atoms with Crippen LogP contribution in [0.25, 0.3) is 0 Å². The Labute approximate surface area is 142 Å². The predicted octanol–water partition coefficient (Wildman–Crippen LogP) is 2.94. The Morgan fingerprint density at radius 3 is 2.46 bits per heavy atom. The van der Waals surface area contributed by atoms with Gasteiger partial charge in [0.1, 0.15) is 11.9 Å². The molecule has 128 valence electrons. The number of rotatable bonds is 6. The van der Waals surface area contributed by atoms with Gasteiger partial charge in [-0.3, -0.25) is 4.90 Å². The molecule has 0 aliphatic carbocycles. The first-order valence-electron chi connectivity index (χ1n) is 8.14. The third kappa shape index (κ3) is 3.74. The average Bonchev–Trinajstić information content (AvgIpc) is 3.04. The topological polar surface area (TPSA) is 57.0 Å². The molecule has 1 fully saturated rings. The highest BCUT2D eigenvalue weighted by Crippen LogP contribution is 2.37. The van der Waals surface area contributed by atoms with Crippen molar-refractivity contribution >= 4 is 5.69 Å². The second-order valence-electron chi connectivity index (χ2n) is 5.99. The highest BCUT2D eigenvalue weighted by Gasteiger charge is 2.25. The number of ether oxygens (including phenoxy) is 3. The van der Waals surface area contributed by atoms with Crippen LogP contribution >= 0.6 is 0 Å². The van der Waals surface area contributed by atoms with Gasteiger partial charge in [0, 0.05) is 31.8 Å². The zero-order chi connectivity index (χ0) is 16.9. The molecule has 0 spiro atoms. The molecule has 1 heterocycles. The third-order valence-corrected chi connectivity index (χ3v) is 4.29. The summed E-state index contributed by atoms with van der Waals surface area (Å²) in [5, 5.41) is 0. The lowest BCUT2D eigenvalue weighted by molar-refractivity contribution is 0.198. The smallest absolute Gasteiger partial charge is 0.164 e. The van der Waals surface area contributed by atoms with Crippen molar-refractivity contribution in [3.8, 4) is 17.2 Å². The number of methoxy groups -OCH3 is 2. The standard InChI is InChI=1S/C19H24N2O3/c1-22-18-10-16(20)17(11-19(18)23-2)24-15-8-9-21(13-15)12-14-6-4-3-5-7-14/h3-7,10-11,15H,8-9,12-13,20H2,1-2H3. The van der Waals surface area contributed by atoms with E-state index in [4.69, 9.17) is 19.9 Å². The SMILES string of the molecule is COc1cc(N)c(OC2CCN(Cc3ccccc3)C2)cc1OC. The molecule has 1 aliphatic rings. The highest BCUT2D eigenvalue weighted by molar-refractivity contribution is 5.62. The normalized spacial score (nSPS) is 17.7. The number of anilines is 1. The van der Waals surface area contributed by atoms with Gasteiger partial charge >= 0.3 is 0 Å². The van der Waals surface area contributed by atoms with E-state index in [2.05, 4.69) is 29.2 Å². The van der Waals surface area contributed by atoms with Crippen molar-refractivity contribution in [2.45, 2.75) is 19.1 Å². The van der Waals surface area contributed by atoms with Crippen molar-refractivity contribution in [3.05, 3.63) is 48.0 Å². The maximum atomic E-state index is 6.11. The van der Waals surface area contributed by atoms with Crippen molar-refractivity contribution < 1.29 is 14.2 Å². The van der Waals surface area contributed by atoms with E-state index in [-0.39, 0.29) is 6.10 Å². The summed E-state index contributed by atoms with van der Waals surface area (Å²) in [6, 6.07) is 14.0. The van der Waals surface area contributed by atoms with Crippen LogP contribution in [0, 0.1) is 0 Å². The van der Waals surface area contributed by atoms with Crippen LogP contribution in [0.1, 0.15) is 12.0 Å². The van der Waals surface area contributed by atoms with E-state index in [1.807, 2.05) is 6.07 Å². The summed E-state index contributed by atoms with van der Waals surface area (Å²) in [6.07, 6.45) is 1.12. The molecular weight excluding hydrogens is 304 g/mol. The fourth-order valence-corrected chi connectivity index (χ4v) is 3.04. The van der Waals surface area contributed by atoms with Crippen LogP contribution in [0.15, 0.2) is 42.5 Å². The maximum absolute atomic E-state index is 6.11. The van der Waals surface area contributed by atoms with Crippen LogP contribution in [-0.4, -0.2) is 38.3 Å². The molecule has 0 saturated carbocycles. The van der Waals surface area contributed by atoms with E-state index >= 15 is 0 Å². The molecule has 0 radical (unpaired) electrons. The van der Waals surface area contributed by atoms with Gasteiger partial charge in [-0.2, -0.15) is 0 Å². The van der Waals surface area contributed by atoms with Gasteiger partial charge in [0.05, 0.1) is 19.9 Å². The summed E-state index contributed by atoms with van der Waals surface area (Å²) in [5.74, 6) is 1.89. The van der Waals surface area contributed by atoms with E-state index < -0.39 is 0 Å². The fraction of sp³-hybridized carbons (Fsp3) is 0.368. The van der Waals surface area contributed by atoms with Crippen LogP contribution in [0.3, 0.4) is 0 Å². The molecule has 5 nitrogen and oxygen atoms in total. The van der Waals surface area contributed by atoms with Crippen LogP contribution < -0.4 is 19.9 Å². The number of likely N-dealkylation sites (tertiary alicyclic amines) is 1. The van der Waals surface area contributed by atoms with Crippen LogP contribution in [0.4, 0.5) is 5.69 Å². The van der Waals surface area contributed by atoms with E-state index in [1.54, 1.807) is 26.4 Å². The van der Waals surface area contributed by atoms with E-state index in [1.165, 1.54) is 5.56 Å². The van der Waals surface area contributed by atoms with Gasteiger partial charge in [0.2, 0.25) is 0 Å². The molecule has 1 atom stereocenters. The quantitative estimate of drug-likeness (QED) is 0.826. The van der Waals surface area contributed by atoms with Gasteiger partial charge < -0.3 is 19.9 Å². The monoisotopic (exact) mass is 328 g/mol. The van der Waals surface area contributed by atoms with Gasteiger partial charge in [-0.25, -0.2) is 0 Å². The minimum atomic E-state index is 0.133. The molecule has 0 amide bonds. The summed E-state index contributed by atoms with van der Waals surface area (Å²) in [6.45, 7) is 2.86. The molecule has 5 heteroatoms. The van der Waals surface area contributed by atoms with Crippen molar-refractivity contribution in [1.29, 1.82) is 0 Å². The largest absolute Gasteiger partial charge is 0.493 e. The lowest BCUT2D eigenvalue weighted by atomic mass is 10.2. The summed E-state index contributed by atoms with van der Waals surface area (Å²) in [4.78, 5) is 2.40. The summed E-state index contributed by atoms with van der Waals surface area (Å²) in [5.41, 5.74) is 7.97. The lowest BCUT2D eigenvalue weighted by Gasteiger charge is -2.19. The number of hydrogen-bond acceptors (Lipinski definition) is 5. The fourth-order valence-electron chi connectivity index (χ4n) is 3.04. The third-order valence-electron chi connectivity index (χ3n) is 4.29. The van der Waals surface area contributed by atoms with Gasteiger partial charge in [0.15, 0.2) is 11.5 Å². The summed E-state index contributed by atoms with van der Waals surface area (Å²) < 4.78 is 16.7. The average molecular weight is 328 g/mol. The van der Waals surface area contributed by atoms with Crippen molar-refractivity contribution in [1.82, 2.24) is 4.90 Å². The summed E-state index contributed by atoms with van der Waals surface area (Å²) >= 11 is 0. The van der Waals surface area contributed by atoms with Crippen molar-refractivity contribution in [2.75, 3.05) is 33.0 Å². The van der Waals surface area contributed by atoms with Gasteiger partial charge in [-0.05, 0) is 12.0 Å². The molecule has 0 aromatic heterocycles. The van der Waals surface area contributed by atoms with Crippen molar-refractivity contribution in [3.63, 3.8) is 0 Å². The maximum Gasteiger partial charge on any atom is 0.164 e. The second-order valence-corrected chi connectivity index (χ2v) is 5.99. The molecule has 1 saturated heterocycles. The Morgan fingerprint density at radius 1 is 1.04 bits per heavy atom. The minimum Gasteiger partial charge on any atom is -0.493 e. The molecule has 0 bridgehead atoms. The second kappa shape index (κ2) is 7.45.